The summed E-state index contributed by atoms with van der Waals surface area (Å²) in [5.74, 6) is -0.400. The average Bonchev–Trinajstić information content (AvgIpc) is 2.82. The zero-order valence-corrected chi connectivity index (χ0v) is 12.8. The molecule has 1 aromatic heterocycles. The van der Waals surface area contributed by atoms with E-state index in [1.807, 2.05) is 24.1 Å². The lowest BCUT2D eigenvalue weighted by atomic mass is 10.1. The lowest BCUT2D eigenvalue weighted by Gasteiger charge is -2.22. The molecule has 0 aliphatic heterocycles. The van der Waals surface area contributed by atoms with Crippen molar-refractivity contribution in [1.82, 2.24) is 0 Å². The summed E-state index contributed by atoms with van der Waals surface area (Å²) in [7, 11) is 3.24. The van der Waals surface area contributed by atoms with Gasteiger partial charge in [0.05, 0.1) is 34.9 Å². The van der Waals surface area contributed by atoms with Crippen molar-refractivity contribution in [3.63, 3.8) is 0 Å². The molecule has 0 saturated carbocycles. The van der Waals surface area contributed by atoms with Crippen LogP contribution in [0.5, 0.6) is 0 Å². The molecule has 2 rings (SSSR count). The molecule has 0 saturated heterocycles. The lowest BCUT2D eigenvalue weighted by molar-refractivity contribution is 0.0601. The third-order valence-corrected chi connectivity index (χ3v) is 4.09. The molecule has 1 aromatic carbocycles. The average molecular weight is 311 g/mol. The number of benzene rings is 1. The fraction of sp³-hybridized carbons (Fsp3) is 0.214. The first kappa shape index (κ1) is 14.7. The van der Waals surface area contributed by atoms with Gasteiger partial charge in [-0.1, -0.05) is 17.7 Å². The highest BCUT2D eigenvalue weighted by Gasteiger charge is 2.18. The second-order valence-corrected chi connectivity index (χ2v) is 6.10. The van der Waals surface area contributed by atoms with Crippen LogP contribution in [0.15, 0.2) is 30.3 Å². The van der Waals surface area contributed by atoms with Gasteiger partial charge in [0, 0.05) is 11.9 Å². The predicted molar refractivity (Wildman–Crippen MR) is 83.6 cm³/mol. The molecule has 0 aliphatic rings. The smallest absolute Gasteiger partial charge is 0.340 e. The van der Waals surface area contributed by atoms with Gasteiger partial charge in [0.1, 0.15) is 0 Å². The van der Waals surface area contributed by atoms with Gasteiger partial charge in [-0.15, -0.1) is 11.3 Å². The zero-order valence-electron chi connectivity index (χ0n) is 11.2. The van der Waals surface area contributed by atoms with E-state index in [1.165, 1.54) is 18.4 Å². The first-order valence-electron chi connectivity index (χ1n) is 5.95. The minimum atomic E-state index is -0.400. The molecule has 2 aromatic rings. The van der Waals surface area contributed by atoms with Crippen LogP contribution in [0, 0.1) is 0 Å². The van der Waals surface area contributed by atoms with Crippen molar-refractivity contribution in [2.45, 2.75) is 6.54 Å². The standard InChI is InChI=1S/C14H15ClN2O2S/c1-17(8-9-6-7-12(15)20-9)13-10(14(18)19-2)4-3-5-11(13)16/h3-7H,8,16H2,1-2H3. The molecule has 0 radical (unpaired) electrons. The number of para-hydroxylation sites is 1. The Morgan fingerprint density at radius 3 is 2.75 bits per heavy atom. The van der Waals surface area contributed by atoms with Crippen molar-refractivity contribution >= 4 is 40.3 Å². The molecule has 1 heterocycles. The number of carbonyl (C=O) groups is 1. The molecule has 20 heavy (non-hydrogen) atoms. The van der Waals surface area contributed by atoms with Gasteiger partial charge in [0.2, 0.25) is 0 Å². The van der Waals surface area contributed by atoms with Crippen LogP contribution in [-0.2, 0) is 11.3 Å². The number of rotatable bonds is 4. The van der Waals surface area contributed by atoms with Gasteiger partial charge in [0.15, 0.2) is 0 Å². The third kappa shape index (κ3) is 3.05. The minimum Gasteiger partial charge on any atom is -0.465 e. The van der Waals surface area contributed by atoms with E-state index in [0.29, 0.717) is 23.5 Å². The van der Waals surface area contributed by atoms with Crippen molar-refractivity contribution in [2.75, 3.05) is 24.8 Å². The Kier molecular flexibility index (Phi) is 4.52. The van der Waals surface area contributed by atoms with Crippen molar-refractivity contribution < 1.29 is 9.53 Å². The van der Waals surface area contributed by atoms with Crippen LogP contribution in [0.2, 0.25) is 4.34 Å². The van der Waals surface area contributed by atoms with Gasteiger partial charge in [0.25, 0.3) is 0 Å². The first-order valence-corrected chi connectivity index (χ1v) is 7.14. The Balaban J connectivity index is 2.33. The third-order valence-electron chi connectivity index (χ3n) is 2.88. The second kappa shape index (κ2) is 6.15. The van der Waals surface area contributed by atoms with Crippen LogP contribution in [0.3, 0.4) is 0 Å². The lowest BCUT2D eigenvalue weighted by Crippen LogP contribution is -2.20. The Hall–Kier alpha value is -1.72. The van der Waals surface area contributed by atoms with Crippen molar-refractivity contribution in [3.8, 4) is 0 Å². The first-order chi connectivity index (χ1) is 9.52. The number of halogens is 1. The Labute approximate surface area is 126 Å². The summed E-state index contributed by atoms with van der Waals surface area (Å²) in [4.78, 5) is 14.8. The SMILES string of the molecule is COC(=O)c1cccc(N)c1N(C)Cc1ccc(Cl)s1. The number of esters is 1. The largest absolute Gasteiger partial charge is 0.465 e. The molecular formula is C14H15ClN2O2S. The summed E-state index contributed by atoms with van der Waals surface area (Å²) in [6.07, 6.45) is 0. The van der Waals surface area contributed by atoms with E-state index in [4.69, 9.17) is 22.1 Å². The molecule has 4 nitrogen and oxygen atoms in total. The molecule has 106 valence electrons. The Morgan fingerprint density at radius 1 is 1.40 bits per heavy atom. The number of hydrogen-bond acceptors (Lipinski definition) is 5. The number of hydrogen-bond donors (Lipinski definition) is 1. The van der Waals surface area contributed by atoms with Gasteiger partial charge in [-0.05, 0) is 24.3 Å². The van der Waals surface area contributed by atoms with E-state index in [0.717, 1.165) is 9.21 Å². The van der Waals surface area contributed by atoms with Gasteiger partial charge in [-0.2, -0.15) is 0 Å². The molecule has 2 N–H and O–H groups in total. The highest BCUT2D eigenvalue weighted by atomic mass is 35.5. The maximum absolute atomic E-state index is 11.8. The summed E-state index contributed by atoms with van der Waals surface area (Å²) in [5, 5.41) is 0. The highest BCUT2D eigenvalue weighted by Crippen LogP contribution is 2.30. The number of nitrogens with two attached hydrogens (primary N) is 1. The van der Waals surface area contributed by atoms with Crippen LogP contribution < -0.4 is 10.6 Å². The summed E-state index contributed by atoms with van der Waals surface area (Å²) in [6.45, 7) is 0.621. The fourth-order valence-corrected chi connectivity index (χ4v) is 3.15. The quantitative estimate of drug-likeness (QED) is 0.694. The number of thiophene rings is 1. The molecule has 0 atom stereocenters. The van der Waals surface area contributed by atoms with Gasteiger partial charge < -0.3 is 15.4 Å². The molecule has 0 unspecified atom stereocenters. The molecule has 0 aliphatic carbocycles. The molecule has 0 amide bonds. The normalized spacial score (nSPS) is 10.3. The zero-order chi connectivity index (χ0) is 14.7. The van der Waals surface area contributed by atoms with Crippen LogP contribution in [0.1, 0.15) is 15.2 Å². The van der Waals surface area contributed by atoms with Crippen LogP contribution in [0.25, 0.3) is 0 Å². The van der Waals surface area contributed by atoms with E-state index >= 15 is 0 Å². The number of carbonyl (C=O) groups excluding carboxylic acids is 1. The van der Waals surface area contributed by atoms with Crippen LogP contribution in [-0.4, -0.2) is 20.1 Å². The summed E-state index contributed by atoms with van der Waals surface area (Å²) < 4.78 is 5.54. The summed E-state index contributed by atoms with van der Waals surface area (Å²) in [5.41, 5.74) is 7.67. The minimum absolute atomic E-state index is 0.400. The number of nitrogen functional groups attached to an aromatic ring is 1. The predicted octanol–water partition coefficient (Wildman–Crippen LogP) is 3.41. The van der Waals surface area contributed by atoms with Crippen LogP contribution in [0.4, 0.5) is 11.4 Å². The fourth-order valence-electron chi connectivity index (χ4n) is 2.01. The number of ether oxygens (including phenoxy) is 1. The highest BCUT2D eigenvalue weighted by molar-refractivity contribution is 7.16. The molecule has 0 fully saturated rings. The Bertz CT molecular complexity index is 627. The van der Waals surface area contributed by atoms with Gasteiger partial charge >= 0.3 is 5.97 Å². The van der Waals surface area contributed by atoms with Crippen LogP contribution >= 0.6 is 22.9 Å². The number of nitrogens with zero attached hydrogens (tertiary/aromatic N) is 1. The monoisotopic (exact) mass is 310 g/mol. The molecule has 0 spiro atoms. The molecular weight excluding hydrogens is 296 g/mol. The summed E-state index contributed by atoms with van der Waals surface area (Å²) in [6, 6.07) is 9.02. The van der Waals surface area contributed by atoms with Gasteiger partial charge in [-0.25, -0.2) is 4.79 Å². The van der Waals surface area contributed by atoms with E-state index in [-0.39, 0.29) is 0 Å². The molecule has 0 bridgehead atoms. The van der Waals surface area contributed by atoms with Gasteiger partial charge in [-0.3, -0.25) is 0 Å². The van der Waals surface area contributed by atoms with Crippen molar-refractivity contribution in [3.05, 3.63) is 45.1 Å². The van der Waals surface area contributed by atoms with E-state index in [1.54, 1.807) is 18.2 Å². The maximum Gasteiger partial charge on any atom is 0.340 e. The van der Waals surface area contributed by atoms with Crippen molar-refractivity contribution in [2.24, 2.45) is 0 Å². The topological polar surface area (TPSA) is 55.6 Å². The van der Waals surface area contributed by atoms with Crippen molar-refractivity contribution in [1.29, 1.82) is 0 Å². The van der Waals surface area contributed by atoms with E-state index in [2.05, 4.69) is 0 Å². The van der Waals surface area contributed by atoms with E-state index in [9.17, 15) is 4.79 Å². The molecule has 6 heteroatoms. The second-order valence-electron chi connectivity index (χ2n) is 4.30. The number of methoxy groups -OCH3 is 1. The summed E-state index contributed by atoms with van der Waals surface area (Å²) >= 11 is 7.43. The number of anilines is 2. The Morgan fingerprint density at radius 2 is 2.15 bits per heavy atom. The maximum atomic E-state index is 11.8. The van der Waals surface area contributed by atoms with E-state index < -0.39 is 5.97 Å².